The maximum Gasteiger partial charge on any atom is 0.263 e. The number of fused-ring (bicyclic) bond motifs is 1. The van der Waals surface area contributed by atoms with Gasteiger partial charge in [0.05, 0.1) is 10.9 Å². The third-order valence-corrected chi connectivity index (χ3v) is 4.66. The summed E-state index contributed by atoms with van der Waals surface area (Å²) in [6.07, 6.45) is 0. The van der Waals surface area contributed by atoms with Gasteiger partial charge >= 0.3 is 0 Å². The van der Waals surface area contributed by atoms with Crippen LogP contribution in [0.25, 0.3) is 0 Å². The second-order valence-corrected chi connectivity index (χ2v) is 6.32. The van der Waals surface area contributed by atoms with Gasteiger partial charge in [0.25, 0.3) is 10.0 Å². The van der Waals surface area contributed by atoms with Crippen molar-refractivity contribution in [2.45, 2.75) is 17.9 Å². The number of rotatable bonds is 2. The molecule has 0 amide bonds. The van der Waals surface area contributed by atoms with E-state index in [0.717, 1.165) is 5.56 Å². The van der Waals surface area contributed by atoms with E-state index in [1.165, 1.54) is 0 Å². The highest BCUT2D eigenvalue weighted by Crippen LogP contribution is 2.25. The van der Waals surface area contributed by atoms with Crippen LogP contribution < -0.4 is 4.72 Å². The summed E-state index contributed by atoms with van der Waals surface area (Å²) in [5.41, 5.74) is 1.68. The molecule has 102 valence electrons. The van der Waals surface area contributed by atoms with Gasteiger partial charge in [-0.2, -0.15) is 0 Å². The molecule has 1 N–H and O–H groups in total. The lowest BCUT2D eigenvalue weighted by molar-refractivity contribution is 0.595. The summed E-state index contributed by atoms with van der Waals surface area (Å²) in [4.78, 5) is 4.80. The van der Waals surface area contributed by atoms with Crippen molar-refractivity contribution in [3.63, 3.8) is 0 Å². The van der Waals surface area contributed by atoms with Crippen LogP contribution in [-0.4, -0.2) is 14.3 Å². The molecule has 20 heavy (non-hydrogen) atoms. The van der Waals surface area contributed by atoms with Crippen molar-refractivity contribution >= 4 is 15.9 Å². The van der Waals surface area contributed by atoms with E-state index in [1.807, 2.05) is 43.3 Å². The Labute approximate surface area is 118 Å². The summed E-state index contributed by atoms with van der Waals surface area (Å²) < 4.78 is 26.5. The van der Waals surface area contributed by atoms with E-state index in [9.17, 15) is 8.42 Å². The highest BCUT2D eigenvalue weighted by molar-refractivity contribution is 7.90. The van der Waals surface area contributed by atoms with E-state index in [-0.39, 0.29) is 6.04 Å². The molecule has 0 fully saturated rings. The minimum Gasteiger partial charge on any atom is -0.263 e. The summed E-state index contributed by atoms with van der Waals surface area (Å²) in [5.74, 6) is 0.414. The number of aliphatic imine (C=N–C) groups is 1. The Morgan fingerprint density at radius 1 is 1.00 bits per heavy atom. The fraction of sp³-hybridized carbons (Fsp3) is 0.133. The van der Waals surface area contributed by atoms with Crippen molar-refractivity contribution in [2.24, 2.45) is 4.99 Å². The molecule has 0 saturated carbocycles. The molecule has 1 atom stereocenters. The lowest BCUT2D eigenvalue weighted by Gasteiger charge is -2.08. The van der Waals surface area contributed by atoms with Gasteiger partial charge in [-0.3, -0.25) is 9.71 Å². The Morgan fingerprint density at radius 3 is 2.40 bits per heavy atom. The first-order valence-electron chi connectivity index (χ1n) is 6.33. The second-order valence-electron chi connectivity index (χ2n) is 4.67. The van der Waals surface area contributed by atoms with Gasteiger partial charge in [-0.25, -0.2) is 8.42 Å². The monoisotopic (exact) mass is 286 g/mol. The minimum absolute atomic E-state index is 0.111. The fourth-order valence-corrected chi connectivity index (χ4v) is 3.47. The van der Waals surface area contributed by atoms with Crippen molar-refractivity contribution in [2.75, 3.05) is 0 Å². The van der Waals surface area contributed by atoms with Gasteiger partial charge in [0.1, 0.15) is 5.84 Å². The molecular formula is C15H14N2O2S. The van der Waals surface area contributed by atoms with Crippen LogP contribution in [0, 0.1) is 0 Å². The lowest BCUT2D eigenvalue weighted by Crippen LogP contribution is -2.22. The third kappa shape index (κ3) is 2.20. The standard InChI is InChI=1S/C15H14N2O2S/c1-11(12-7-3-2-4-8-12)16-15-13-9-5-6-10-14(13)20(18,19)17-15/h2-11H,1H3,(H,16,17)/t11-/m0/s1. The predicted octanol–water partition coefficient (Wildman–Crippen LogP) is 2.49. The second kappa shape index (κ2) is 4.76. The van der Waals surface area contributed by atoms with Gasteiger partial charge in [0.2, 0.25) is 0 Å². The average molecular weight is 286 g/mol. The maximum atomic E-state index is 12.0. The molecule has 1 aliphatic rings. The number of amidine groups is 1. The number of hydrogen-bond acceptors (Lipinski definition) is 3. The van der Waals surface area contributed by atoms with Gasteiger partial charge in [0.15, 0.2) is 0 Å². The Morgan fingerprint density at radius 2 is 1.65 bits per heavy atom. The molecule has 0 radical (unpaired) electrons. The maximum absolute atomic E-state index is 12.0. The zero-order chi connectivity index (χ0) is 14.2. The first-order valence-corrected chi connectivity index (χ1v) is 7.81. The van der Waals surface area contributed by atoms with Gasteiger partial charge in [-0.1, -0.05) is 42.5 Å². The molecule has 5 heteroatoms. The summed E-state index contributed by atoms with van der Waals surface area (Å²) in [7, 11) is -3.46. The highest BCUT2D eigenvalue weighted by atomic mass is 32.2. The molecule has 4 nitrogen and oxygen atoms in total. The third-order valence-electron chi connectivity index (χ3n) is 3.27. The van der Waals surface area contributed by atoms with Crippen LogP contribution in [0.2, 0.25) is 0 Å². The van der Waals surface area contributed by atoms with E-state index in [1.54, 1.807) is 18.2 Å². The smallest absolute Gasteiger partial charge is 0.263 e. The van der Waals surface area contributed by atoms with Crippen LogP contribution >= 0.6 is 0 Å². The first-order chi connectivity index (χ1) is 9.58. The average Bonchev–Trinajstić information content (AvgIpc) is 2.72. The highest BCUT2D eigenvalue weighted by Gasteiger charge is 2.30. The van der Waals surface area contributed by atoms with Crippen LogP contribution in [0.3, 0.4) is 0 Å². The molecule has 0 aliphatic carbocycles. The summed E-state index contributed by atoms with van der Waals surface area (Å²) in [6.45, 7) is 1.94. The molecule has 0 unspecified atom stereocenters. The molecule has 2 aromatic carbocycles. The molecule has 2 aromatic rings. The number of sulfonamides is 1. The van der Waals surface area contributed by atoms with Crippen LogP contribution in [0.5, 0.6) is 0 Å². The zero-order valence-corrected chi connectivity index (χ0v) is 11.8. The number of nitrogens with one attached hydrogen (secondary N) is 1. The molecule has 0 bridgehead atoms. The van der Waals surface area contributed by atoms with E-state index in [0.29, 0.717) is 16.3 Å². The number of benzene rings is 2. The normalized spacial score (nSPS) is 19.4. The van der Waals surface area contributed by atoms with Crippen LogP contribution in [0.1, 0.15) is 24.1 Å². The Hall–Kier alpha value is -2.14. The van der Waals surface area contributed by atoms with E-state index in [2.05, 4.69) is 9.71 Å². The fourth-order valence-electron chi connectivity index (χ4n) is 2.23. The van der Waals surface area contributed by atoms with Gasteiger partial charge in [-0.15, -0.1) is 0 Å². The lowest BCUT2D eigenvalue weighted by atomic mass is 10.1. The van der Waals surface area contributed by atoms with Crippen molar-refractivity contribution in [3.05, 3.63) is 65.7 Å². The van der Waals surface area contributed by atoms with Crippen LogP contribution in [-0.2, 0) is 10.0 Å². The Kier molecular flexibility index (Phi) is 3.06. The minimum atomic E-state index is -3.46. The van der Waals surface area contributed by atoms with Crippen molar-refractivity contribution in [1.82, 2.24) is 4.72 Å². The SMILES string of the molecule is C[C@H](N=C1NS(=O)(=O)c2ccccc21)c1ccccc1. The van der Waals surface area contributed by atoms with Crippen molar-refractivity contribution < 1.29 is 8.42 Å². The molecule has 0 aromatic heterocycles. The Balaban J connectivity index is 2.03. The number of nitrogens with zero attached hydrogens (tertiary/aromatic N) is 1. The van der Waals surface area contributed by atoms with Crippen molar-refractivity contribution in [3.8, 4) is 0 Å². The molecule has 0 saturated heterocycles. The van der Waals surface area contributed by atoms with E-state index >= 15 is 0 Å². The van der Waals surface area contributed by atoms with E-state index < -0.39 is 10.0 Å². The molecule has 1 heterocycles. The summed E-state index contributed by atoms with van der Waals surface area (Å²) in [5, 5.41) is 0. The topological polar surface area (TPSA) is 58.5 Å². The molecule has 1 aliphatic heterocycles. The molecular weight excluding hydrogens is 272 g/mol. The number of hydrogen-bond donors (Lipinski definition) is 1. The van der Waals surface area contributed by atoms with Gasteiger partial charge in [0, 0.05) is 5.56 Å². The Bertz CT molecular complexity index is 767. The molecule has 3 rings (SSSR count). The van der Waals surface area contributed by atoms with Gasteiger partial charge in [-0.05, 0) is 24.6 Å². The largest absolute Gasteiger partial charge is 0.263 e. The summed E-state index contributed by atoms with van der Waals surface area (Å²) >= 11 is 0. The zero-order valence-electron chi connectivity index (χ0n) is 10.9. The first kappa shape index (κ1) is 12.9. The van der Waals surface area contributed by atoms with Crippen LogP contribution in [0.4, 0.5) is 0 Å². The quantitative estimate of drug-likeness (QED) is 0.922. The van der Waals surface area contributed by atoms with Crippen molar-refractivity contribution in [1.29, 1.82) is 0 Å². The van der Waals surface area contributed by atoms with Gasteiger partial charge < -0.3 is 0 Å². The van der Waals surface area contributed by atoms with E-state index in [4.69, 9.17) is 0 Å². The summed E-state index contributed by atoms with van der Waals surface area (Å²) in [6, 6.07) is 16.5. The van der Waals surface area contributed by atoms with Crippen LogP contribution in [0.15, 0.2) is 64.5 Å². The predicted molar refractivity (Wildman–Crippen MR) is 78.2 cm³/mol. The molecule has 0 spiro atoms.